The molecule has 0 aromatic heterocycles. The lowest BCUT2D eigenvalue weighted by Gasteiger charge is -2.39. The average molecular weight is 345 g/mol. The summed E-state index contributed by atoms with van der Waals surface area (Å²) in [7, 11) is 0. The number of carbonyl (C=O) groups is 1. The van der Waals surface area contributed by atoms with Gasteiger partial charge in [-0.15, -0.1) is 0 Å². The minimum Gasteiger partial charge on any atom is -0.481 e. The Labute approximate surface area is 151 Å². The zero-order chi connectivity index (χ0) is 17.6. The Morgan fingerprint density at radius 3 is 2.36 bits per heavy atom. The van der Waals surface area contributed by atoms with Crippen molar-refractivity contribution >= 4 is 11.7 Å². The molecule has 0 radical (unpaired) electrons. The Morgan fingerprint density at radius 1 is 1.12 bits per heavy atom. The fourth-order valence-electron chi connectivity index (χ4n) is 4.07. The molecule has 1 saturated heterocycles. The smallest absolute Gasteiger partial charge is 0.306 e. The van der Waals surface area contributed by atoms with Crippen molar-refractivity contribution < 1.29 is 9.90 Å². The van der Waals surface area contributed by atoms with Gasteiger partial charge in [0.05, 0.1) is 5.92 Å². The second kappa shape index (κ2) is 8.68. The second-order valence-electron chi connectivity index (χ2n) is 7.50. The van der Waals surface area contributed by atoms with Gasteiger partial charge in [-0.2, -0.15) is 0 Å². The first-order chi connectivity index (χ1) is 12.1. The van der Waals surface area contributed by atoms with Gasteiger partial charge in [0.15, 0.2) is 0 Å². The van der Waals surface area contributed by atoms with E-state index in [1.165, 1.54) is 5.69 Å². The van der Waals surface area contributed by atoms with Crippen LogP contribution in [0.25, 0.3) is 0 Å². The quantitative estimate of drug-likeness (QED) is 0.829. The number of benzene rings is 1. The second-order valence-corrected chi connectivity index (χ2v) is 7.50. The molecule has 2 N–H and O–H groups in total. The van der Waals surface area contributed by atoms with Crippen LogP contribution in [0.5, 0.6) is 0 Å². The molecular weight excluding hydrogens is 314 g/mol. The Morgan fingerprint density at radius 2 is 1.76 bits per heavy atom. The summed E-state index contributed by atoms with van der Waals surface area (Å²) >= 11 is 0. The van der Waals surface area contributed by atoms with Crippen molar-refractivity contribution in [2.24, 2.45) is 5.92 Å². The van der Waals surface area contributed by atoms with Gasteiger partial charge < -0.3 is 15.3 Å². The summed E-state index contributed by atoms with van der Waals surface area (Å²) in [6.45, 7) is 7.66. The monoisotopic (exact) mass is 345 g/mol. The van der Waals surface area contributed by atoms with Crippen LogP contribution >= 0.6 is 0 Å². The van der Waals surface area contributed by atoms with Crippen molar-refractivity contribution in [1.82, 2.24) is 10.2 Å². The molecule has 2 aliphatic rings. The van der Waals surface area contributed by atoms with Gasteiger partial charge in [0, 0.05) is 50.5 Å². The third kappa shape index (κ3) is 4.95. The molecule has 1 heterocycles. The molecule has 1 aliphatic carbocycles. The molecule has 2 fully saturated rings. The predicted molar refractivity (Wildman–Crippen MR) is 101 cm³/mol. The summed E-state index contributed by atoms with van der Waals surface area (Å²) in [5, 5.41) is 12.8. The van der Waals surface area contributed by atoms with E-state index in [1.54, 1.807) is 0 Å². The summed E-state index contributed by atoms with van der Waals surface area (Å²) in [5.74, 6) is -0.746. The lowest BCUT2D eigenvalue weighted by molar-refractivity contribution is -0.142. The highest BCUT2D eigenvalue weighted by molar-refractivity contribution is 5.70. The van der Waals surface area contributed by atoms with Crippen LogP contribution in [0, 0.1) is 5.92 Å². The Kier molecular flexibility index (Phi) is 6.32. The molecule has 25 heavy (non-hydrogen) atoms. The molecule has 1 aliphatic heterocycles. The molecule has 1 atom stereocenters. The first-order valence-electron chi connectivity index (χ1n) is 9.63. The first-order valence-corrected chi connectivity index (χ1v) is 9.63. The van der Waals surface area contributed by atoms with Gasteiger partial charge in [-0.05, 0) is 44.7 Å². The third-order valence-electron chi connectivity index (χ3n) is 5.84. The number of piperazine rings is 1. The van der Waals surface area contributed by atoms with Crippen LogP contribution in [0.15, 0.2) is 30.3 Å². The molecule has 138 valence electrons. The molecule has 1 unspecified atom stereocenters. The Bertz CT molecular complexity index is 535. The number of carboxylic acid groups (broad SMARTS) is 1. The number of carboxylic acids is 1. The highest BCUT2D eigenvalue weighted by Crippen LogP contribution is 2.24. The van der Waals surface area contributed by atoms with Gasteiger partial charge in [0.2, 0.25) is 0 Å². The number of hydrogen-bond acceptors (Lipinski definition) is 4. The van der Waals surface area contributed by atoms with Gasteiger partial charge in [0.25, 0.3) is 0 Å². The van der Waals surface area contributed by atoms with Crippen molar-refractivity contribution in [3.05, 3.63) is 30.3 Å². The third-order valence-corrected chi connectivity index (χ3v) is 5.84. The van der Waals surface area contributed by atoms with Crippen molar-refractivity contribution in [3.63, 3.8) is 0 Å². The van der Waals surface area contributed by atoms with E-state index < -0.39 is 5.97 Å². The minimum atomic E-state index is -0.622. The lowest BCUT2D eigenvalue weighted by atomic mass is 9.86. The van der Waals surface area contributed by atoms with E-state index in [0.717, 1.165) is 58.4 Å². The SMILES string of the molecule is CC(CNC1CCC(C(=O)O)CC1)N1CCN(c2ccccc2)CC1. The van der Waals surface area contributed by atoms with E-state index in [-0.39, 0.29) is 5.92 Å². The largest absolute Gasteiger partial charge is 0.481 e. The molecule has 5 heteroatoms. The number of rotatable bonds is 6. The van der Waals surface area contributed by atoms with Gasteiger partial charge in [-0.25, -0.2) is 0 Å². The van der Waals surface area contributed by atoms with Crippen LogP contribution in [-0.2, 0) is 4.79 Å². The van der Waals surface area contributed by atoms with Crippen LogP contribution in [0.3, 0.4) is 0 Å². The standard InChI is InChI=1S/C20H31N3O2/c1-16(15-21-18-9-7-17(8-10-18)20(24)25)22-11-13-23(14-12-22)19-5-3-2-4-6-19/h2-6,16-18,21H,7-15H2,1H3,(H,24,25). The van der Waals surface area contributed by atoms with Crippen molar-refractivity contribution in [3.8, 4) is 0 Å². The first kappa shape index (κ1) is 18.2. The van der Waals surface area contributed by atoms with Crippen molar-refractivity contribution in [2.75, 3.05) is 37.6 Å². The summed E-state index contributed by atoms with van der Waals surface area (Å²) < 4.78 is 0. The zero-order valence-electron chi connectivity index (χ0n) is 15.2. The van der Waals surface area contributed by atoms with E-state index in [4.69, 9.17) is 5.11 Å². The molecular formula is C20H31N3O2. The number of nitrogens with zero attached hydrogens (tertiary/aromatic N) is 2. The molecule has 0 bridgehead atoms. The number of anilines is 1. The molecule has 0 amide bonds. The van der Waals surface area contributed by atoms with E-state index >= 15 is 0 Å². The van der Waals surface area contributed by atoms with Crippen molar-refractivity contribution in [2.45, 2.75) is 44.7 Å². The fourth-order valence-corrected chi connectivity index (χ4v) is 4.07. The van der Waals surface area contributed by atoms with Gasteiger partial charge in [-0.3, -0.25) is 9.69 Å². The molecule has 1 saturated carbocycles. The van der Waals surface area contributed by atoms with Crippen LogP contribution in [-0.4, -0.2) is 60.8 Å². The predicted octanol–water partition coefficient (Wildman–Crippen LogP) is 2.43. The van der Waals surface area contributed by atoms with E-state index in [1.807, 2.05) is 0 Å². The van der Waals surface area contributed by atoms with Crippen LogP contribution < -0.4 is 10.2 Å². The van der Waals surface area contributed by atoms with Crippen molar-refractivity contribution in [1.29, 1.82) is 0 Å². The normalized spacial score (nSPS) is 26.4. The summed E-state index contributed by atoms with van der Waals surface area (Å²) in [6.07, 6.45) is 3.62. The zero-order valence-corrected chi connectivity index (χ0v) is 15.2. The van der Waals surface area contributed by atoms with E-state index in [0.29, 0.717) is 12.1 Å². The lowest BCUT2D eigenvalue weighted by Crippen LogP contribution is -2.53. The van der Waals surface area contributed by atoms with Gasteiger partial charge in [0.1, 0.15) is 0 Å². The molecule has 5 nitrogen and oxygen atoms in total. The molecule has 1 aromatic carbocycles. The summed E-state index contributed by atoms with van der Waals surface area (Å²) in [5.41, 5.74) is 1.32. The van der Waals surface area contributed by atoms with Gasteiger partial charge in [-0.1, -0.05) is 18.2 Å². The van der Waals surface area contributed by atoms with Crippen LogP contribution in [0.2, 0.25) is 0 Å². The van der Waals surface area contributed by atoms with E-state index in [2.05, 4.69) is 52.4 Å². The molecule has 1 aromatic rings. The topological polar surface area (TPSA) is 55.8 Å². The highest BCUT2D eigenvalue weighted by Gasteiger charge is 2.27. The molecule has 3 rings (SSSR count). The van der Waals surface area contributed by atoms with Gasteiger partial charge >= 0.3 is 5.97 Å². The summed E-state index contributed by atoms with van der Waals surface area (Å²) in [6, 6.07) is 11.7. The fraction of sp³-hybridized carbons (Fsp3) is 0.650. The number of nitrogens with one attached hydrogen (secondary N) is 1. The average Bonchev–Trinajstić information content (AvgIpc) is 2.67. The van der Waals surface area contributed by atoms with E-state index in [9.17, 15) is 4.79 Å². The maximum absolute atomic E-state index is 11.0. The highest BCUT2D eigenvalue weighted by atomic mass is 16.4. The number of hydrogen-bond donors (Lipinski definition) is 2. The minimum absolute atomic E-state index is 0.124. The summed E-state index contributed by atoms with van der Waals surface area (Å²) in [4.78, 5) is 16.1. The maximum Gasteiger partial charge on any atom is 0.306 e. The number of aliphatic carboxylic acids is 1. The Balaban J connectivity index is 1.37. The number of para-hydroxylation sites is 1. The molecule has 0 spiro atoms. The van der Waals surface area contributed by atoms with Crippen LogP contribution in [0.4, 0.5) is 5.69 Å². The maximum atomic E-state index is 11.0. The van der Waals surface area contributed by atoms with Crippen LogP contribution in [0.1, 0.15) is 32.6 Å². The Hall–Kier alpha value is -1.59.